The molecule has 0 atom stereocenters. The minimum absolute atomic E-state index is 0.142. The SMILES string of the molecule is [2H]c1c([2H])c([2H])c(-c2c(C#N)c(-n3c4ccccc4c4c(-c5c([2H])c([2H])c([2H])c([2H])c5[2H])cccc43)c(-c3c([2H])c([2H])c([2H])c([2H])c3[2H])c(-n3c4c(ccc5c6ccccc6sc54)c4ccc5c6ccccc6sc5c43)c2[N+]#[C-])c([2H])c1[2H]. The van der Waals surface area contributed by atoms with E-state index in [1.54, 1.807) is 47.0 Å². The molecule has 68 heavy (non-hydrogen) atoms. The molecular weight excluding hydrogens is 865 g/mol. The normalized spacial score (nSPS) is 14.9. The summed E-state index contributed by atoms with van der Waals surface area (Å²) in [5, 5.41) is 17.8. The lowest BCUT2D eigenvalue weighted by Gasteiger charge is -2.26. The van der Waals surface area contributed by atoms with Gasteiger partial charge in [0.2, 0.25) is 5.69 Å². The zero-order valence-corrected chi connectivity index (χ0v) is 36.7. The molecule has 314 valence electrons. The fourth-order valence-electron chi connectivity index (χ4n) is 10.2. The molecule has 4 heterocycles. The van der Waals surface area contributed by atoms with Crippen LogP contribution in [0.1, 0.15) is 26.1 Å². The Morgan fingerprint density at radius 2 is 0.971 bits per heavy atom. The first kappa shape index (κ1) is 26.4. The van der Waals surface area contributed by atoms with Crippen LogP contribution < -0.4 is 0 Å². The van der Waals surface area contributed by atoms with Crippen molar-refractivity contribution < 1.29 is 20.6 Å². The molecule has 0 fully saturated rings. The van der Waals surface area contributed by atoms with Gasteiger partial charge in [-0.15, -0.1) is 22.7 Å². The highest BCUT2D eigenvalue weighted by atomic mass is 32.1. The second kappa shape index (κ2) is 14.9. The Bertz CT molecular complexity index is 5230. The van der Waals surface area contributed by atoms with Crippen molar-refractivity contribution in [2.75, 3.05) is 0 Å². The van der Waals surface area contributed by atoms with Crippen LogP contribution in [0.2, 0.25) is 0 Å². The Kier molecular flexibility index (Phi) is 5.77. The van der Waals surface area contributed by atoms with Crippen LogP contribution in [0.4, 0.5) is 5.69 Å². The predicted octanol–water partition coefficient (Wildman–Crippen LogP) is 18.0. The fourth-order valence-corrected chi connectivity index (χ4v) is 12.7. The Hall–Kier alpha value is -8.78. The second-order valence-corrected chi connectivity index (χ2v) is 18.3. The van der Waals surface area contributed by atoms with E-state index in [0.717, 1.165) is 40.3 Å². The standard InChI is InChI=1S/C62H34N4S2/c1-64-56-53(38-20-7-3-8-21-38)48(36-63)57(65-49-28-14-11-26-47(49)55-40(27-17-29-50(55)65)37-18-5-2-6-19-37)54(39-22-9-4-10-23-39)60(56)66-58-43(32-34-45-41-24-12-15-30-51(41)67-61(45)58)44-33-35-46-42-25-13-16-31-52(42)68-62(46)59(44)66/h2-35H/i2D,3D,4D,5D,6D,7D,8D,9D,10D,18D,19D,20D,21D,22D,23D. The summed E-state index contributed by atoms with van der Waals surface area (Å²) < 4.78 is 145. The summed E-state index contributed by atoms with van der Waals surface area (Å²) in [6, 6.07) is 27.4. The molecule has 0 amide bonds. The third kappa shape index (κ3) is 5.33. The average Bonchev–Trinajstić information content (AvgIpc) is 1.72. The maximum Gasteiger partial charge on any atom is 0.220 e. The minimum atomic E-state index is -0.769. The van der Waals surface area contributed by atoms with Crippen molar-refractivity contribution in [1.82, 2.24) is 9.13 Å². The van der Waals surface area contributed by atoms with Crippen LogP contribution in [-0.4, -0.2) is 9.13 Å². The van der Waals surface area contributed by atoms with Crippen molar-refractivity contribution in [2.45, 2.75) is 0 Å². The lowest BCUT2D eigenvalue weighted by atomic mass is 9.88. The van der Waals surface area contributed by atoms with E-state index in [0.29, 0.717) is 38.1 Å². The molecule has 0 bridgehead atoms. The summed E-state index contributed by atoms with van der Waals surface area (Å²) >= 11 is 2.94. The van der Waals surface area contributed by atoms with Crippen LogP contribution in [0.5, 0.6) is 0 Å². The van der Waals surface area contributed by atoms with Crippen LogP contribution in [0.25, 0.3) is 134 Å². The van der Waals surface area contributed by atoms with Crippen molar-refractivity contribution in [1.29, 1.82) is 5.26 Å². The van der Waals surface area contributed by atoms with E-state index >= 15 is 0 Å². The molecule has 10 aromatic carbocycles. The Balaban J connectivity index is 1.35. The molecule has 0 aliphatic heterocycles. The molecule has 0 radical (unpaired) electrons. The Labute approximate surface area is 419 Å². The number of nitrogens with zero attached hydrogens (tertiary/aromatic N) is 4. The van der Waals surface area contributed by atoms with E-state index in [4.69, 9.17) is 9.60 Å². The van der Waals surface area contributed by atoms with Crippen LogP contribution >= 0.6 is 22.7 Å². The van der Waals surface area contributed by atoms with E-state index in [-0.39, 0.29) is 33.6 Å². The quantitative estimate of drug-likeness (QED) is 0.159. The van der Waals surface area contributed by atoms with Gasteiger partial charge < -0.3 is 9.13 Å². The topological polar surface area (TPSA) is 38.0 Å². The lowest BCUT2D eigenvalue weighted by molar-refractivity contribution is 1.14. The van der Waals surface area contributed by atoms with Crippen molar-refractivity contribution in [3.05, 3.63) is 223 Å². The summed E-state index contributed by atoms with van der Waals surface area (Å²) in [5.74, 6) is 0. The van der Waals surface area contributed by atoms with Crippen LogP contribution in [0, 0.1) is 17.9 Å². The van der Waals surface area contributed by atoms with Gasteiger partial charge in [-0.05, 0) is 46.5 Å². The van der Waals surface area contributed by atoms with Crippen LogP contribution in [0.15, 0.2) is 206 Å². The molecule has 0 N–H and O–H groups in total. The van der Waals surface area contributed by atoms with E-state index < -0.39 is 119 Å². The minimum Gasteiger partial charge on any atom is -0.316 e. The Morgan fingerprint density at radius 1 is 0.471 bits per heavy atom. The molecule has 14 rings (SSSR count). The summed E-state index contributed by atoms with van der Waals surface area (Å²) in [4.78, 5) is 4.28. The van der Waals surface area contributed by atoms with Crippen molar-refractivity contribution in [2.24, 2.45) is 0 Å². The number of para-hydroxylation sites is 1. The molecule has 0 unspecified atom stereocenters. The molecule has 0 aliphatic carbocycles. The average molecular weight is 914 g/mol. The molecule has 0 saturated heterocycles. The van der Waals surface area contributed by atoms with Gasteiger partial charge in [0.25, 0.3) is 0 Å². The summed E-state index contributed by atoms with van der Waals surface area (Å²) in [6.07, 6.45) is 0. The number of hydrogen-bond acceptors (Lipinski definition) is 3. The number of fused-ring (bicyclic) bond motifs is 14. The van der Waals surface area contributed by atoms with E-state index in [1.807, 2.05) is 77.4 Å². The molecule has 0 saturated carbocycles. The number of nitriles is 1. The van der Waals surface area contributed by atoms with E-state index in [9.17, 15) is 22.8 Å². The highest BCUT2D eigenvalue weighted by Crippen LogP contribution is 2.55. The van der Waals surface area contributed by atoms with Crippen molar-refractivity contribution in [3.8, 4) is 50.8 Å². The number of thiophene rings is 2. The predicted molar refractivity (Wildman–Crippen MR) is 288 cm³/mol. The van der Waals surface area contributed by atoms with Gasteiger partial charge in [-0.1, -0.05) is 182 Å². The van der Waals surface area contributed by atoms with Gasteiger partial charge in [-0.25, -0.2) is 4.85 Å². The summed E-state index contributed by atoms with van der Waals surface area (Å²) in [5.41, 5.74) is -1.29. The molecule has 14 aromatic rings. The fraction of sp³-hybridized carbons (Fsp3) is 0. The molecule has 0 aliphatic rings. The van der Waals surface area contributed by atoms with Crippen LogP contribution in [0.3, 0.4) is 0 Å². The molecule has 4 nitrogen and oxygen atoms in total. The highest BCUT2D eigenvalue weighted by Gasteiger charge is 2.33. The number of rotatable bonds is 5. The second-order valence-electron chi connectivity index (χ2n) is 16.2. The zero-order chi connectivity index (χ0) is 58.1. The van der Waals surface area contributed by atoms with Gasteiger partial charge >= 0.3 is 0 Å². The first-order chi connectivity index (χ1) is 39.9. The highest BCUT2D eigenvalue weighted by molar-refractivity contribution is 7.27. The van der Waals surface area contributed by atoms with Gasteiger partial charge in [0, 0.05) is 63.6 Å². The van der Waals surface area contributed by atoms with Crippen LogP contribution in [-0.2, 0) is 0 Å². The number of hydrogen-bond donors (Lipinski definition) is 0. The first-order valence-electron chi connectivity index (χ1n) is 28.9. The molecule has 6 heteroatoms. The van der Waals surface area contributed by atoms with Gasteiger partial charge in [0.1, 0.15) is 6.07 Å². The largest absolute Gasteiger partial charge is 0.316 e. The number of aromatic nitrogens is 2. The smallest absolute Gasteiger partial charge is 0.220 e. The van der Waals surface area contributed by atoms with E-state index in [2.05, 4.69) is 10.9 Å². The van der Waals surface area contributed by atoms with Crippen molar-refractivity contribution in [3.63, 3.8) is 0 Å². The molecule has 4 aromatic heterocycles. The summed E-state index contributed by atoms with van der Waals surface area (Å²) in [6.45, 7) is 9.53. The van der Waals surface area contributed by atoms with Gasteiger partial charge in [0.05, 0.1) is 75.5 Å². The first-order valence-corrected chi connectivity index (χ1v) is 23.0. The third-order valence-electron chi connectivity index (χ3n) is 12.8. The van der Waals surface area contributed by atoms with Gasteiger partial charge in [-0.3, -0.25) is 0 Å². The summed E-state index contributed by atoms with van der Waals surface area (Å²) in [7, 11) is 0. The maximum absolute atomic E-state index is 12.2. The zero-order valence-electron chi connectivity index (χ0n) is 50.1. The van der Waals surface area contributed by atoms with E-state index in [1.165, 1.54) is 22.7 Å². The lowest BCUT2D eigenvalue weighted by Crippen LogP contribution is -2.09. The van der Waals surface area contributed by atoms with Crippen molar-refractivity contribution >= 4 is 112 Å². The van der Waals surface area contributed by atoms with Gasteiger partial charge in [-0.2, -0.15) is 5.26 Å². The molecular formula is C62H34N4S2. The molecule has 0 spiro atoms. The maximum atomic E-state index is 12.2. The third-order valence-corrected chi connectivity index (χ3v) is 15.2. The monoisotopic (exact) mass is 913 g/mol. The van der Waals surface area contributed by atoms with Gasteiger partial charge in [0.15, 0.2) is 0 Å². The Morgan fingerprint density at radius 3 is 1.54 bits per heavy atom. The number of benzene rings is 10.